The van der Waals surface area contributed by atoms with Crippen LogP contribution in [0.2, 0.25) is 20.1 Å². The highest BCUT2D eigenvalue weighted by molar-refractivity contribution is 6.35. The minimum atomic E-state index is -0.580. The molecule has 1 aromatic carbocycles. The highest BCUT2D eigenvalue weighted by Crippen LogP contribution is 2.25. The van der Waals surface area contributed by atoms with Crippen molar-refractivity contribution in [1.82, 2.24) is 19.6 Å². The lowest BCUT2D eigenvalue weighted by Gasteiger charge is -2.11. The Morgan fingerprint density at radius 2 is 1.85 bits per heavy atom. The van der Waals surface area contributed by atoms with Crippen molar-refractivity contribution >= 4 is 58.1 Å². The molecular formula is C17H15Cl4N5O. The lowest BCUT2D eigenvalue weighted by molar-refractivity contribution is -0.119. The van der Waals surface area contributed by atoms with E-state index in [1.54, 1.807) is 43.1 Å². The second-order valence-electron chi connectivity index (χ2n) is 5.97. The van der Waals surface area contributed by atoms with E-state index < -0.39 is 6.04 Å². The van der Waals surface area contributed by atoms with Crippen LogP contribution >= 0.6 is 46.4 Å². The van der Waals surface area contributed by atoms with Gasteiger partial charge in [-0.3, -0.25) is 14.2 Å². The number of rotatable bonds is 5. The Kier molecular flexibility index (Phi) is 6.01. The smallest absolute Gasteiger partial charge is 0.250 e. The van der Waals surface area contributed by atoms with Crippen molar-refractivity contribution < 1.29 is 4.79 Å². The monoisotopic (exact) mass is 445 g/mol. The van der Waals surface area contributed by atoms with Gasteiger partial charge in [-0.25, -0.2) is 0 Å². The quantitative estimate of drug-likeness (QED) is 0.581. The molecule has 3 aromatic rings. The van der Waals surface area contributed by atoms with Gasteiger partial charge in [-0.2, -0.15) is 10.2 Å². The molecule has 3 rings (SSSR count). The summed E-state index contributed by atoms with van der Waals surface area (Å²) in [5.74, 6) is -0.0561. The van der Waals surface area contributed by atoms with Crippen LogP contribution in [-0.4, -0.2) is 25.5 Å². The predicted molar refractivity (Wildman–Crippen MR) is 108 cm³/mol. The van der Waals surface area contributed by atoms with Crippen molar-refractivity contribution in [3.8, 4) is 0 Å². The van der Waals surface area contributed by atoms with Crippen LogP contribution in [0.5, 0.6) is 0 Å². The summed E-state index contributed by atoms with van der Waals surface area (Å²) >= 11 is 24.3. The Morgan fingerprint density at radius 1 is 1.11 bits per heavy atom. The Morgan fingerprint density at radius 3 is 2.48 bits per heavy atom. The highest BCUT2D eigenvalue weighted by atomic mass is 35.5. The van der Waals surface area contributed by atoms with Gasteiger partial charge < -0.3 is 5.32 Å². The minimum Gasteiger partial charge on any atom is -0.306 e. The molecule has 0 aliphatic rings. The zero-order chi connectivity index (χ0) is 19.7. The minimum absolute atomic E-state index is 0.258. The van der Waals surface area contributed by atoms with Crippen molar-refractivity contribution in [1.29, 1.82) is 0 Å². The molecule has 0 radical (unpaired) electrons. The zero-order valence-corrected chi connectivity index (χ0v) is 17.4. The van der Waals surface area contributed by atoms with Gasteiger partial charge in [-0.1, -0.05) is 52.5 Å². The molecule has 2 aromatic heterocycles. The summed E-state index contributed by atoms with van der Waals surface area (Å²) in [7, 11) is 0. The molecule has 0 spiro atoms. The number of amides is 1. The number of benzene rings is 1. The average molecular weight is 447 g/mol. The molecule has 2 heterocycles. The number of anilines is 1. The van der Waals surface area contributed by atoms with Crippen LogP contribution in [0.4, 0.5) is 5.82 Å². The molecular weight excluding hydrogens is 432 g/mol. The Labute approximate surface area is 176 Å². The predicted octanol–water partition coefficient (Wildman–Crippen LogP) is 5.25. The van der Waals surface area contributed by atoms with Crippen molar-refractivity contribution in [3.05, 3.63) is 61.9 Å². The van der Waals surface area contributed by atoms with E-state index in [4.69, 9.17) is 46.4 Å². The number of halogens is 4. The molecule has 0 fully saturated rings. The van der Waals surface area contributed by atoms with Gasteiger partial charge in [0.1, 0.15) is 11.1 Å². The first-order chi connectivity index (χ1) is 12.7. The van der Waals surface area contributed by atoms with Crippen LogP contribution in [0.25, 0.3) is 0 Å². The fourth-order valence-electron chi connectivity index (χ4n) is 2.39. The van der Waals surface area contributed by atoms with Crippen molar-refractivity contribution in [2.45, 2.75) is 26.4 Å². The van der Waals surface area contributed by atoms with E-state index in [9.17, 15) is 4.79 Å². The molecule has 1 unspecified atom stereocenters. The summed E-state index contributed by atoms with van der Waals surface area (Å²) in [5.41, 5.74) is 1.48. The second-order valence-corrected chi connectivity index (χ2v) is 7.62. The molecule has 0 aliphatic carbocycles. The van der Waals surface area contributed by atoms with Crippen LogP contribution in [0.1, 0.15) is 24.2 Å². The van der Waals surface area contributed by atoms with Gasteiger partial charge in [0.15, 0.2) is 5.82 Å². The first-order valence-electron chi connectivity index (χ1n) is 7.93. The Balaban J connectivity index is 1.73. The number of nitrogens with zero attached hydrogens (tertiary/aromatic N) is 4. The third kappa shape index (κ3) is 4.58. The van der Waals surface area contributed by atoms with Crippen LogP contribution in [0.15, 0.2) is 30.6 Å². The number of hydrogen-bond acceptors (Lipinski definition) is 3. The summed E-state index contributed by atoms with van der Waals surface area (Å²) in [6.45, 7) is 3.86. The maximum absolute atomic E-state index is 12.5. The lowest BCUT2D eigenvalue weighted by atomic mass is 10.2. The summed E-state index contributed by atoms with van der Waals surface area (Å²) in [5, 5.41) is 13.1. The maximum Gasteiger partial charge on any atom is 0.250 e. The van der Waals surface area contributed by atoms with E-state index in [-0.39, 0.29) is 11.7 Å². The van der Waals surface area contributed by atoms with E-state index in [1.807, 2.05) is 6.07 Å². The van der Waals surface area contributed by atoms with E-state index in [2.05, 4.69) is 15.5 Å². The highest BCUT2D eigenvalue weighted by Gasteiger charge is 2.20. The Bertz CT molecular complexity index is 978. The topological polar surface area (TPSA) is 64.7 Å². The second kappa shape index (κ2) is 8.10. The number of aromatic nitrogens is 4. The number of hydrogen-bond donors (Lipinski definition) is 1. The van der Waals surface area contributed by atoms with Crippen LogP contribution < -0.4 is 5.32 Å². The molecule has 0 aliphatic heterocycles. The summed E-state index contributed by atoms with van der Waals surface area (Å²) in [6, 6.07) is 4.63. The van der Waals surface area contributed by atoms with Crippen LogP contribution in [0.3, 0.4) is 0 Å². The molecule has 6 nitrogen and oxygen atoms in total. The van der Waals surface area contributed by atoms with Gasteiger partial charge >= 0.3 is 0 Å². The first kappa shape index (κ1) is 20.0. The SMILES string of the molecule is Cc1nn(C(C)C(=O)Nc2nn(Cc3ccc(Cl)cc3Cl)cc2Cl)cc1Cl. The van der Waals surface area contributed by atoms with Crippen molar-refractivity contribution in [2.75, 3.05) is 5.32 Å². The summed E-state index contributed by atoms with van der Waals surface area (Å²) in [6.07, 6.45) is 3.21. The van der Waals surface area contributed by atoms with Gasteiger partial charge in [-0.15, -0.1) is 0 Å². The van der Waals surface area contributed by atoms with E-state index in [0.29, 0.717) is 32.3 Å². The van der Waals surface area contributed by atoms with Gasteiger partial charge in [0, 0.05) is 22.4 Å². The standard InChI is InChI=1S/C17H15Cl4N5O/c1-9-14(20)8-26(23-9)10(2)17(27)22-16-15(21)7-25(24-16)6-11-3-4-12(18)5-13(11)19/h3-5,7-8,10H,6H2,1-2H3,(H,22,24,27). The number of carbonyl (C=O) groups excluding carboxylic acids is 1. The van der Waals surface area contributed by atoms with Gasteiger partial charge in [-0.05, 0) is 31.5 Å². The molecule has 10 heteroatoms. The third-order valence-corrected chi connectivity index (χ3v) is 5.17. The zero-order valence-electron chi connectivity index (χ0n) is 14.4. The normalized spacial score (nSPS) is 12.2. The molecule has 1 amide bonds. The molecule has 0 saturated heterocycles. The summed E-state index contributed by atoms with van der Waals surface area (Å²) in [4.78, 5) is 12.5. The van der Waals surface area contributed by atoms with E-state index in [0.717, 1.165) is 5.56 Å². The third-order valence-electron chi connectivity index (χ3n) is 3.94. The molecule has 1 N–H and O–H groups in total. The fourth-order valence-corrected chi connectivity index (χ4v) is 3.19. The average Bonchev–Trinajstić information content (AvgIpc) is 3.12. The summed E-state index contributed by atoms with van der Waals surface area (Å²) < 4.78 is 3.08. The molecule has 0 saturated carbocycles. The van der Waals surface area contributed by atoms with Crippen LogP contribution in [-0.2, 0) is 11.3 Å². The van der Waals surface area contributed by atoms with Crippen LogP contribution in [0, 0.1) is 6.92 Å². The molecule has 1 atom stereocenters. The number of carbonyl (C=O) groups is 1. The first-order valence-corrected chi connectivity index (χ1v) is 9.44. The maximum atomic E-state index is 12.5. The van der Waals surface area contributed by atoms with Gasteiger partial charge in [0.2, 0.25) is 5.91 Å². The van der Waals surface area contributed by atoms with Gasteiger partial charge in [0.25, 0.3) is 0 Å². The number of nitrogens with one attached hydrogen (secondary N) is 1. The van der Waals surface area contributed by atoms with Crippen molar-refractivity contribution in [3.63, 3.8) is 0 Å². The van der Waals surface area contributed by atoms with Crippen molar-refractivity contribution in [2.24, 2.45) is 0 Å². The fraction of sp³-hybridized carbons (Fsp3) is 0.235. The molecule has 27 heavy (non-hydrogen) atoms. The van der Waals surface area contributed by atoms with E-state index in [1.165, 1.54) is 4.68 Å². The number of aryl methyl sites for hydroxylation is 1. The lowest BCUT2D eigenvalue weighted by Crippen LogP contribution is -2.24. The Hall–Kier alpha value is -1.73. The largest absolute Gasteiger partial charge is 0.306 e. The molecule has 142 valence electrons. The van der Waals surface area contributed by atoms with Gasteiger partial charge in [0.05, 0.1) is 17.3 Å². The van der Waals surface area contributed by atoms with E-state index >= 15 is 0 Å². The molecule has 0 bridgehead atoms.